The van der Waals surface area contributed by atoms with Gasteiger partial charge in [0.2, 0.25) is 0 Å². The van der Waals surface area contributed by atoms with Gasteiger partial charge in [-0.15, -0.1) is 0 Å². The molecule has 0 amide bonds. The number of aliphatic hydroxyl groups is 1. The lowest BCUT2D eigenvalue weighted by Crippen LogP contribution is -2.51. The molecule has 4 heteroatoms. The molecule has 0 saturated carbocycles. The fraction of sp³-hybridized carbons (Fsp3) is 0.600. The van der Waals surface area contributed by atoms with Crippen LogP contribution in [0.5, 0.6) is 0 Å². The van der Waals surface area contributed by atoms with E-state index < -0.39 is 0 Å². The first-order valence-electron chi connectivity index (χ1n) is 10.9. The summed E-state index contributed by atoms with van der Waals surface area (Å²) in [6.07, 6.45) is 8.82. The van der Waals surface area contributed by atoms with Gasteiger partial charge in [-0.1, -0.05) is 30.3 Å². The van der Waals surface area contributed by atoms with Crippen LogP contribution in [0.1, 0.15) is 64.5 Å². The number of rotatable bonds is 8. The molecule has 1 fully saturated rings. The number of allylic oxidation sites excluding steroid dienone is 2. The van der Waals surface area contributed by atoms with Crippen LogP contribution in [0.4, 0.5) is 0 Å². The highest BCUT2D eigenvalue weighted by Crippen LogP contribution is 2.33. The molecule has 0 radical (unpaired) electrons. The lowest BCUT2D eigenvalue weighted by molar-refractivity contribution is -0.0294. The minimum Gasteiger partial charge on any atom is -0.478 e. The number of aliphatic hydroxyl groups excluding tert-OH is 1. The molecular formula is C25H38N2O2. The molecule has 1 N–H and O–H groups in total. The highest BCUT2D eigenvalue weighted by Gasteiger charge is 2.35. The second kappa shape index (κ2) is 9.03. The number of fused-ring (bicyclic) bond motifs is 1. The summed E-state index contributed by atoms with van der Waals surface area (Å²) >= 11 is 0. The summed E-state index contributed by atoms with van der Waals surface area (Å²) in [5, 5.41) is 10.1. The number of hydrogen-bond acceptors (Lipinski definition) is 4. The van der Waals surface area contributed by atoms with E-state index in [2.05, 4.69) is 80.8 Å². The van der Waals surface area contributed by atoms with Crippen molar-refractivity contribution in [2.24, 2.45) is 0 Å². The van der Waals surface area contributed by atoms with Crippen LogP contribution in [0.3, 0.4) is 0 Å². The van der Waals surface area contributed by atoms with Crippen LogP contribution in [0, 0.1) is 6.92 Å². The minimum atomic E-state index is -0.0971. The Hall–Kier alpha value is -1.62. The lowest BCUT2D eigenvalue weighted by atomic mass is 9.86. The van der Waals surface area contributed by atoms with Gasteiger partial charge in [-0.05, 0) is 77.5 Å². The topological polar surface area (TPSA) is 35.9 Å². The molecule has 0 unspecified atom stereocenters. The van der Waals surface area contributed by atoms with Crippen LogP contribution in [-0.2, 0) is 11.3 Å². The van der Waals surface area contributed by atoms with Crippen LogP contribution in [0.2, 0.25) is 0 Å². The van der Waals surface area contributed by atoms with Crippen LogP contribution >= 0.6 is 0 Å². The Morgan fingerprint density at radius 2 is 1.79 bits per heavy atom. The number of hydrogen-bond donors (Lipinski definition) is 1. The van der Waals surface area contributed by atoms with Crippen LogP contribution in [-0.4, -0.2) is 46.0 Å². The normalized spacial score (nSPS) is 18.2. The zero-order chi connectivity index (χ0) is 21.1. The van der Waals surface area contributed by atoms with Crippen LogP contribution in [0.15, 0.2) is 47.7 Å². The Labute approximate surface area is 176 Å². The highest BCUT2D eigenvalue weighted by molar-refractivity contribution is 5.32. The van der Waals surface area contributed by atoms with Crippen molar-refractivity contribution in [1.29, 1.82) is 0 Å². The molecule has 0 aromatic heterocycles. The molecule has 1 aliphatic carbocycles. The number of benzene rings is 1. The van der Waals surface area contributed by atoms with Gasteiger partial charge in [-0.3, -0.25) is 9.80 Å². The van der Waals surface area contributed by atoms with Crippen molar-refractivity contribution < 1.29 is 9.84 Å². The molecule has 1 aromatic rings. The molecule has 29 heavy (non-hydrogen) atoms. The largest absolute Gasteiger partial charge is 0.478 e. The molecule has 2 aliphatic rings. The van der Waals surface area contributed by atoms with Crippen molar-refractivity contribution in [3.63, 3.8) is 0 Å². The average molecular weight is 399 g/mol. The van der Waals surface area contributed by atoms with Gasteiger partial charge in [0, 0.05) is 29.7 Å². The van der Waals surface area contributed by atoms with E-state index in [9.17, 15) is 5.11 Å². The molecule has 0 bridgehead atoms. The summed E-state index contributed by atoms with van der Waals surface area (Å²) < 4.78 is 6.04. The zero-order valence-corrected chi connectivity index (χ0v) is 18.9. The van der Waals surface area contributed by atoms with Gasteiger partial charge in [-0.2, -0.15) is 0 Å². The summed E-state index contributed by atoms with van der Waals surface area (Å²) in [7, 11) is 0. The van der Waals surface area contributed by atoms with Gasteiger partial charge in [-0.25, -0.2) is 0 Å². The molecule has 0 spiro atoms. The van der Waals surface area contributed by atoms with E-state index in [0.717, 1.165) is 44.5 Å². The first-order valence-corrected chi connectivity index (χ1v) is 10.9. The first kappa shape index (κ1) is 22.1. The van der Waals surface area contributed by atoms with Crippen LogP contribution < -0.4 is 0 Å². The predicted octanol–water partition coefficient (Wildman–Crippen LogP) is 4.98. The van der Waals surface area contributed by atoms with E-state index in [4.69, 9.17) is 4.74 Å². The molecule has 1 heterocycles. The fourth-order valence-electron chi connectivity index (χ4n) is 4.16. The number of aryl methyl sites for hydroxylation is 1. The summed E-state index contributed by atoms with van der Waals surface area (Å²) in [6, 6.07) is 8.44. The SMILES string of the molecule is Cc1ccccc1CN(CO)C(C)(C)CCC(C)(C)N1COC2=CCCC=C2C1. The summed E-state index contributed by atoms with van der Waals surface area (Å²) in [5.74, 6) is 1.09. The highest BCUT2D eigenvalue weighted by atomic mass is 16.5. The first-order chi connectivity index (χ1) is 13.7. The van der Waals surface area contributed by atoms with Crippen molar-refractivity contribution in [3.05, 3.63) is 58.9 Å². The maximum absolute atomic E-state index is 10.1. The summed E-state index contributed by atoms with van der Waals surface area (Å²) in [5.41, 5.74) is 3.83. The third-order valence-corrected chi connectivity index (χ3v) is 6.79. The summed E-state index contributed by atoms with van der Waals surface area (Å²) in [6.45, 7) is 13.7. The van der Waals surface area contributed by atoms with Gasteiger partial charge < -0.3 is 9.84 Å². The Bertz CT molecular complexity index is 764. The monoisotopic (exact) mass is 398 g/mol. The van der Waals surface area contributed by atoms with E-state index in [1.807, 2.05) is 0 Å². The second-order valence-corrected chi connectivity index (χ2v) is 9.74. The minimum absolute atomic E-state index is 0.0326. The number of nitrogens with zero attached hydrogens (tertiary/aromatic N) is 2. The molecule has 1 aliphatic heterocycles. The molecule has 1 aromatic carbocycles. The van der Waals surface area contributed by atoms with Crippen molar-refractivity contribution in [2.75, 3.05) is 20.0 Å². The standard InChI is InChI=1S/C25H38N2O2/c1-20-10-6-7-11-21(20)16-26(18-28)24(2,3)14-15-25(4,5)27-17-22-12-8-9-13-23(22)29-19-27/h6-7,10-13,28H,8-9,14-19H2,1-5H3. The molecule has 1 saturated heterocycles. The summed E-state index contributed by atoms with van der Waals surface area (Å²) in [4.78, 5) is 4.63. The Kier molecular flexibility index (Phi) is 6.87. The van der Waals surface area contributed by atoms with E-state index in [-0.39, 0.29) is 17.8 Å². The van der Waals surface area contributed by atoms with Crippen LogP contribution in [0.25, 0.3) is 0 Å². The van der Waals surface area contributed by atoms with E-state index in [0.29, 0.717) is 6.73 Å². The fourth-order valence-corrected chi connectivity index (χ4v) is 4.16. The lowest BCUT2D eigenvalue weighted by Gasteiger charge is -2.45. The molecule has 3 rings (SSSR count). The predicted molar refractivity (Wildman–Crippen MR) is 119 cm³/mol. The molecule has 4 nitrogen and oxygen atoms in total. The molecular weight excluding hydrogens is 360 g/mol. The quantitative estimate of drug-likeness (QED) is 0.627. The molecule has 160 valence electrons. The van der Waals surface area contributed by atoms with Gasteiger partial charge in [0.1, 0.15) is 12.5 Å². The van der Waals surface area contributed by atoms with Gasteiger partial charge in [0.25, 0.3) is 0 Å². The zero-order valence-electron chi connectivity index (χ0n) is 18.9. The van der Waals surface area contributed by atoms with Gasteiger partial charge in [0.15, 0.2) is 0 Å². The van der Waals surface area contributed by atoms with Crippen molar-refractivity contribution in [3.8, 4) is 0 Å². The van der Waals surface area contributed by atoms with Gasteiger partial charge in [0.05, 0.1) is 6.73 Å². The Morgan fingerprint density at radius 3 is 2.52 bits per heavy atom. The van der Waals surface area contributed by atoms with Crippen molar-refractivity contribution in [1.82, 2.24) is 9.80 Å². The average Bonchev–Trinajstić information content (AvgIpc) is 2.71. The van der Waals surface area contributed by atoms with Crippen molar-refractivity contribution in [2.45, 2.75) is 77.9 Å². The number of ether oxygens (including phenoxy) is 1. The molecule has 0 atom stereocenters. The van der Waals surface area contributed by atoms with Crippen molar-refractivity contribution >= 4 is 0 Å². The smallest absolute Gasteiger partial charge is 0.142 e. The van der Waals surface area contributed by atoms with E-state index in [1.54, 1.807) is 0 Å². The van der Waals surface area contributed by atoms with E-state index >= 15 is 0 Å². The second-order valence-electron chi connectivity index (χ2n) is 9.74. The Balaban J connectivity index is 1.62. The Morgan fingerprint density at radius 1 is 1.07 bits per heavy atom. The maximum atomic E-state index is 10.1. The third-order valence-electron chi connectivity index (χ3n) is 6.79. The van der Waals surface area contributed by atoms with Gasteiger partial charge >= 0.3 is 0 Å². The van der Waals surface area contributed by atoms with E-state index in [1.165, 1.54) is 16.7 Å². The third kappa shape index (κ3) is 5.30. The maximum Gasteiger partial charge on any atom is 0.142 e.